The Kier molecular flexibility index (Phi) is 4.29. The van der Waals surface area contributed by atoms with E-state index in [4.69, 9.17) is 11.6 Å². The number of amides is 1. The molecule has 0 aliphatic carbocycles. The molecule has 0 radical (unpaired) electrons. The maximum Gasteiger partial charge on any atom is 0.234 e. The average molecular weight is 369 g/mol. The van der Waals surface area contributed by atoms with Crippen LogP contribution in [0.3, 0.4) is 0 Å². The third kappa shape index (κ3) is 3.31. The monoisotopic (exact) mass is 368 g/mol. The van der Waals surface area contributed by atoms with Crippen LogP contribution in [0.2, 0.25) is 5.02 Å². The van der Waals surface area contributed by atoms with Crippen LogP contribution in [-0.4, -0.2) is 26.3 Å². The molecule has 0 spiro atoms. The van der Waals surface area contributed by atoms with Crippen LogP contribution < -0.4 is 5.32 Å². The van der Waals surface area contributed by atoms with Crippen molar-refractivity contribution in [1.29, 1.82) is 0 Å². The van der Waals surface area contributed by atoms with Gasteiger partial charge in [-0.25, -0.2) is 0 Å². The van der Waals surface area contributed by atoms with Crippen molar-refractivity contribution in [2.24, 2.45) is 0 Å². The summed E-state index contributed by atoms with van der Waals surface area (Å²) in [6.07, 6.45) is 0. The van der Waals surface area contributed by atoms with E-state index in [0.29, 0.717) is 15.9 Å². The number of hydrogen-bond acceptors (Lipinski definition) is 4. The van der Waals surface area contributed by atoms with Gasteiger partial charge in [0.15, 0.2) is 10.8 Å². The second-order valence-electron chi connectivity index (χ2n) is 5.41. The summed E-state index contributed by atoms with van der Waals surface area (Å²) in [5.41, 5.74) is 2.50. The maximum atomic E-state index is 12.2. The Morgan fingerprint density at radius 3 is 2.68 bits per heavy atom. The summed E-state index contributed by atoms with van der Waals surface area (Å²) in [7, 11) is 0. The standard InChI is InChI=1S/C18H13ClN4OS/c19-13-6-8-14(9-7-13)20-17(24)11-25-18-22-21-16-10-5-12-3-1-2-4-15(12)23(16)18/h1-10H,11H2,(H,20,24). The van der Waals surface area contributed by atoms with Crippen molar-refractivity contribution < 1.29 is 4.79 Å². The van der Waals surface area contributed by atoms with Crippen molar-refractivity contribution in [2.75, 3.05) is 11.1 Å². The number of benzene rings is 2. The number of anilines is 1. The van der Waals surface area contributed by atoms with E-state index < -0.39 is 0 Å². The molecule has 0 saturated carbocycles. The van der Waals surface area contributed by atoms with E-state index in [2.05, 4.69) is 15.5 Å². The predicted molar refractivity (Wildman–Crippen MR) is 101 cm³/mol. The van der Waals surface area contributed by atoms with E-state index in [0.717, 1.165) is 16.6 Å². The first-order chi connectivity index (χ1) is 12.2. The fourth-order valence-corrected chi connectivity index (χ4v) is 3.44. The molecule has 0 fully saturated rings. The normalized spacial score (nSPS) is 11.1. The van der Waals surface area contributed by atoms with E-state index in [1.165, 1.54) is 11.8 Å². The Labute approximate surface area is 153 Å². The molecule has 2 heterocycles. The second-order valence-corrected chi connectivity index (χ2v) is 6.79. The fraction of sp³-hybridized carbons (Fsp3) is 0.0556. The van der Waals surface area contributed by atoms with E-state index in [-0.39, 0.29) is 11.7 Å². The molecule has 7 heteroatoms. The molecule has 5 nitrogen and oxygen atoms in total. The van der Waals surface area contributed by atoms with E-state index in [1.807, 2.05) is 40.8 Å². The molecule has 0 aliphatic rings. The smallest absolute Gasteiger partial charge is 0.234 e. The van der Waals surface area contributed by atoms with E-state index in [9.17, 15) is 4.79 Å². The third-order valence-electron chi connectivity index (χ3n) is 3.71. The number of nitrogens with zero attached hydrogens (tertiary/aromatic N) is 3. The molecule has 2 aromatic heterocycles. The molecule has 2 aromatic carbocycles. The van der Waals surface area contributed by atoms with Gasteiger partial charge in [-0.05, 0) is 47.9 Å². The van der Waals surface area contributed by atoms with Crippen LogP contribution in [0, 0.1) is 0 Å². The lowest BCUT2D eigenvalue weighted by Crippen LogP contribution is -2.14. The van der Waals surface area contributed by atoms with Gasteiger partial charge in [-0.2, -0.15) is 0 Å². The minimum absolute atomic E-state index is 0.107. The van der Waals surface area contributed by atoms with Crippen molar-refractivity contribution in [3.05, 3.63) is 65.7 Å². The van der Waals surface area contributed by atoms with Gasteiger partial charge in [0.2, 0.25) is 5.91 Å². The topological polar surface area (TPSA) is 59.3 Å². The Morgan fingerprint density at radius 2 is 1.84 bits per heavy atom. The highest BCUT2D eigenvalue weighted by atomic mass is 35.5. The van der Waals surface area contributed by atoms with Crippen molar-refractivity contribution in [3.8, 4) is 0 Å². The van der Waals surface area contributed by atoms with Crippen LogP contribution in [0.1, 0.15) is 0 Å². The number of carbonyl (C=O) groups excluding carboxylic acids is 1. The number of carbonyl (C=O) groups is 1. The highest BCUT2D eigenvalue weighted by Crippen LogP contribution is 2.23. The molecule has 1 amide bonds. The van der Waals surface area contributed by atoms with Crippen molar-refractivity contribution in [2.45, 2.75) is 5.16 Å². The first-order valence-corrected chi connectivity index (χ1v) is 8.98. The summed E-state index contributed by atoms with van der Waals surface area (Å²) in [4.78, 5) is 12.2. The number of thioether (sulfide) groups is 1. The van der Waals surface area contributed by atoms with Crippen LogP contribution in [-0.2, 0) is 4.79 Å². The molecule has 124 valence electrons. The van der Waals surface area contributed by atoms with E-state index >= 15 is 0 Å². The van der Waals surface area contributed by atoms with Crippen LogP contribution in [0.5, 0.6) is 0 Å². The first kappa shape index (κ1) is 15.9. The molecule has 25 heavy (non-hydrogen) atoms. The first-order valence-electron chi connectivity index (χ1n) is 7.62. The number of rotatable bonds is 4. The molecule has 0 unspecified atom stereocenters. The Hall–Kier alpha value is -2.57. The summed E-state index contributed by atoms with van der Waals surface area (Å²) in [6.45, 7) is 0. The minimum Gasteiger partial charge on any atom is -0.325 e. The molecule has 0 atom stereocenters. The van der Waals surface area contributed by atoms with Crippen molar-refractivity contribution in [3.63, 3.8) is 0 Å². The SMILES string of the molecule is O=C(CSc1nnc2ccc3ccccc3n12)Nc1ccc(Cl)cc1. The number of nitrogens with one attached hydrogen (secondary N) is 1. The Balaban J connectivity index is 1.54. The van der Waals surface area contributed by atoms with Gasteiger partial charge in [0.1, 0.15) is 0 Å². The molecular weight excluding hydrogens is 356 g/mol. The summed E-state index contributed by atoms with van der Waals surface area (Å²) in [6, 6.07) is 19.0. The number of halogens is 1. The zero-order chi connectivity index (χ0) is 17.2. The van der Waals surface area contributed by atoms with Gasteiger partial charge in [0.25, 0.3) is 0 Å². The lowest BCUT2D eigenvalue weighted by molar-refractivity contribution is -0.113. The number of fused-ring (bicyclic) bond motifs is 3. The number of para-hydroxylation sites is 1. The molecular formula is C18H13ClN4OS. The molecule has 0 aliphatic heterocycles. The predicted octanol–water partition coefficient (Wildman–Crippen LogP) is 4.27. The highest BCUT2D eigenvalue weighted by molar-refractivity contribution is 7.99. The van der Waals surface area contributed by atoms with Crippen LogP contribution >= 0.6 is 23.4 Å². The van der Waals surface area contributed by atoms with Crippen molar-refractivity contribution >= 4 is 51.5 Å². The van der Waals surface area contributed by atoms with Gasteiger partial charge in [-0.1, -0.05) is 41.6 Å². The Morgan fingerprint density at radius 1 is 1.04 bits per heavy atom. The zero-order valence-corrected chi connectivity index (χ0v) is 14.6. The van der Waals surface area contributed by atoms with Gasteiger partial charge >= 0.3 is 0 Å². The molecule has 0 saturated heterocycles. The van der Waals surface area contributed by atoms with E-state index in [1.54, 1.807) is 24.3 Å². The van der Waals surface area contributed by atoms with Crippen LogP contribution in [0.25, 0.3) is 16.6 Å². The van der Waals surface area contributed by atoms with Gasteiger partial charge in [-0.15, -0.1) is 10.2 Å². The average Bonchev–Trinajstić information content (AvgIpc) is 3.06. The highest BCUT2D eigenvalue weighted by Gasteiger charge is 2.11. The largest absolute Gasteiger partial charge is 0.325 e. The number of hydrogen-bond donors (Lipinski definition) is 1. The quantitative estimate of drug-likeness (QED) is 0.546. The maximum absolute atomic E-state index is 12.2. The van der Waals surface area contributed by atoms with Crippen molar-refractivity contribution in [1.82, 2.24) is 14.6 Å². The molecule has 4 rings (SSSR count). The number of aromatic nitrogens is 3. The second kappa shape index (κ2) is 6.74. The zero-order valence-electron chi connectivity index (χ0n) is 13.0. The molecule has 0 bridgehead atoms. The van der Waals surface area contributed by atoms with Gasteiger partial charge < -0.3 is 5.32 Å². The Bertz CT molecular complexity index is 1060. The summed E-state index contributed by atoms with van der Waals surface area (Å²) in [5, 5.41) is 13.7. The van der Waals surface area contributed by atoms with Crippen LogP contribution in [0.4, 0.5) is 5.69 Å². The number of pyridine rings is 1. The lowest BCUT2D eigenvalue weighted by Gasteiger charge is -2.06. The lowest BCUT2D eigenvalue weighted by atomic mass is 10.2. The summed E-state index contributed by atoms with van der Waals surface area (Å²) >= 11 is 7.20. The van der Waals surface area contributed by atoms with Crippen LogP contribution in [0.15, 0.2) is 65.8 Å². The summed E-state index contributed by atoms with van der Waals surface area (Å²) in [5.74, 6) is 0.136. The molecule has 1 N–H and O–H groups in total. The van der Waals surface area contributed by atoms with Gasteiger partial charge in [0, 0.05) is 10.7 Å². The van der Waals surface area contributed by atoms with Gasteiger partial charge in [0.05, 0.1) is 11.3 Å². The molecule has 4 aromatic rings. The minimum atomic E-state index is -0.107. The fourth-order valence-electron chi connectivity index (χ4n) is 2.57. The third-order valence-corrected chi connectivity index (χ3v) is 4.89. The summed E-state index contributed by atoms with van der Waals surface area (Å²) < 4.78 is 1.97. The van der Waals surface area contributed by atoms with Gasteiger partial charge in [-0.3, -0.25) is 9.20 Å².